The van der Waals surface area contributed by atoms with Gasteiger partial charge in [0, 0.05) is 0 Å². The molecule has 0 aliphatic carbocycles. The zero-order chi connectivity index (χ0) is 16.1. The minimum Gasteiger partial charge on any atom is -0.441 e. The molecule has 1 amide bonds. The Balaban J connectivity index is 2.33. The van der Waals surface area contributed by atoms with Crippen molar-refractivity contribution >= 4 is 11.8 Å². The van der Waals surface area contributed by atoms with Crippen LogP contribution < -0.4 is 4.90 Å². The summed E-state index contributed by atoms with van der Waals surface area (Å²) in [6.07, 6.45) is 2.89. The number of unbranched alkanes of at least 4 members (excludes halogenated alkanes) is 1. The summed E-state index contributed by atoms with van der Waals surface area (Å²) in [6, 6.07) is 5.70. The third-order valence-electron chi connectivity index (χ3n) is 4.33. The SMILES string of the molecule is CCCCC(CC)C1C(CO)OC(=O)N1c1cccc(F)c1. The Bertz CT molecular complexity index is 508. The summed E-state index contributed by atoms with van der Waals surface area (Å²) in [5.41, 5.74) is 0.487. The van der Waals surface area contributed by atoms with Crippen LogP contribution in [0, 0.1) is 11.7 Å². The number of hydrogen-bond donors (Lipinski definition) is 1. The van der Waals surface area contributed by atoms with E-state index in [9.17, 15) is 14.3 Å². The van der Waals surface area contributed by atoms with Crippen LogP contribution in [0.15, 0.2) is 24.3 Å². The summed E-state index contributed by atoms with van der Waals surface area (Å²) in [5.74, 6) is -0.176. The molecule has 0 saturated carbocycles. The molecule has 122 valence electrons. The first kappa shape index (κ1) is 16.7. The quantitative estimate of drug-likeness (QED) is 0.835. The Morgan fingerprint density at radius 2 is 2.18 bits per heavy atom. The standard InChI is InChI=1S/C17H24FNO3/c1-3-5-7-12(4-2)16-15(11-20)22-17(21)19(16)14-9-6-8-13(18)10-14/h6,8-10,12,15-16,20H,3-5,7,11H2,1-2H3. The highest BCUT2D eigenvalue weighted by Gasteiger charge is 2.45. The summed E-state index contributed by atoms with van der Waals surface area (Å²) >= 11 is 0. The number of cyclic esters (lactones) is 1. The van der Waals surface area contributed by atoms with E-state index in [0.717, 1.165) is 25.7 Å². The molecule has 1 saturated heterocycles. The maximum absolute atomic E-state index is 13.5. The monoisotopic (exact) mass is 309 g/mol. The van der Waals surface area contributed by atoms with Crippen molar-refractivity contribution in [3.05, 3.63) is 30.1 Å². The zero-order valence-corrected chi connectivity index (χ0v) is 13.2. The van der Waals surface area contributed by atoms with Crippen molar-refractivity contribution in [3.63, 3.8) is 0 Å². The molecule has 22 heavy (non-hydrogen) atoms. The van der Waals surface area contributed by atoms with Gasteiger partial charge in [0.2, 0.25) is 0 Å². The van der Waals surface area contributed by atoms with Gasteiger partial charge in [0.15, 0.2) is 0 Å². The number of hydrogen-bond acceptors (Lipinski definition) is 3. The number of aliphatic hydroxyl groups excluding tert-OH is 1. The fourth-order valence-electron chi connectivity index (χ4n) is 3.19. The normalized spacial score (nSPS) is 22.7. The number of nitrogens with zero attached hydrogens (tertiary/aromatic N) is 1. The average Bonchev–Trinajstić information content (AvgIpc) is 2.85. The van der Waals surface area contributed by atoms with Gasteiger partial charge in [-0.15, -0.1) is 0 Å². The number of carbonyl (C=O) groups excluding carboxylic acids is 1. The molecule has 1 fully saturated rings. The molecule has 1 aliphatic heterocycles. The number of halogens is 1. The first-order chi connectivity index (χ1) is 10.6. The molecule has 0 aromatic heterocycles. The lowest BCUT2D eigenvalue weighted by Gasteiger charge is -2.31. The zero-order valence-electron chi connectivity index (χ0n) is 13.2. The maximum Gasteiger partial charge on any atom is 0.415 e. The molecule has 1 aromatic rings. The number of ether oxygens (including phenoxy) is 1. The maximum atomic E-state index is 13.5. The van der Waals surface area contributed by atoms with E-state index in [4.69, 9.17) is 4.74 Å². The third kappa shape index (κ3) is 3.40. The summed E-state index contributed by atoms with van der Waals surface area (Å²) in [5, 5.41) is 9.57. The predicted octanol–water partition coefficient (Wildman–Crippen LogP) is 3.73. The van der Waals surface area contributed by atoms with Gasteiger partial charge in [-0.2, -0.15) is 0 Å². The van der Waals surface area contributed by atoms with Crippen LogP contribution in [0.3, 0.4) is 0 Å². The van der Waals surface area contributed by atoms with Crippen LogP contribution in [0.5, 0.6) is 0 Å². The lowest BCUT2D eigenvalue weighted by atomic mass is 9.87. The molecule has 4 nitrogen and oxygen atoms in total. The summed E-state index contributed by atoms with van der Waals surface area (Å²) < 4.78 is 18.8. The molecular formula is C17H24FNO3. The summed E-state index contributed by atoms with van der Waals surface area (Å²) in [7, 11) is 0. The van der Waals surface area contributed by atoms with E-state index in [1.54, 1.807) is 12.1 Å². The van der Waals surface area contributed by atoms with Crippen LogP contribution in [0.1, 0.15) is 39.5 Å². The van der Waals surface area contributed by atoms with Crippen LogP contribution in [-0.4, -0.2) is 30.0 Å². The number of aliphatic hydroxyl groups is 1. The lowest BCUT2D eigenvalue weighted by Crippen LogP contribution is -2.43. The number of benzene rings is 1. The van der Waals surface area contributed by atoms with E-state index in [0.29, 0.717) is 5.69 Å². The predicted molar refractivity (Wildman–Crippen MR) is 83.3 cm³/mol. The van der Waals surface area contributed by atoms with Gasteiger partial charge in [0.1, 0.15) is 11.9 Å². The van der Waals surface area contributed by atoms with Crippen molar-refractivity contribution in [2.75, 3.05) is 11.5 Å². The Hall–Kier alpha value is -1.62. The van der Waals surface area contributed by atoms with Gasteiger partial charge in [-0.3, -0.25) is 4.90 Å². The molecule has 2 rings (SSSR count). The van der Waals surface area contributed by atoms with Gasteiger partial charge in [-0.05, 0) is 30.5 Å². The Morgan fingerprint density at radius 1 is 1.41 bits per heavy atom. The number of anilines is 1. The average molecular weight is 309 g/mol. The van der Waals surface area contributed by atoms with Gasteiger partial charge >= 0.3 is 6.09 Å². The summed E-state index contributed by atoms with van der Waals surface area (Å²) in [6.45, 7) is 3.98. The van der Waals surface area contributed by atoms with Gasteiger partial charge in [-0.1, -0.05) is 39.2 Å². The van der Waals surface area contributed by atoms with E-state index < -0.39 is 18.0 Å². The van der Waals surface area contributed by atoms with E-state index in [2.05, 4.69) is 13.8 Å². The van der Waals surface area contributed by atoms with Gasteiger partial charge in [0.25, 0.3) is 0 Å². The molecule has 3 unspecified atom stereocenters. The third-order valence-corrected chi connectivity index (χ3v) is 4.33. The Kier molecular flexibility index (Phi) is 5.77. The van der Waals surface area contributed by atoms with Gasteiger partial charge in [-0.25, -0.2) is 9.18 Å². The highest BCUT2D eigenvalue weighted by molar-refractivity contribution is 5.90. The highest BCUT2D eigenvalue weighted by Crippen LogP contribution is 2.34. The highest BCUT2D eigenvalue weighted by atomic mass is 19.1. The molecule has 1 heterocycles. The Morgan fingerprint density at radius 3 is 2.77 bits per heavy atom. The molecule has 3 atom stereocenters. The second-order valence-electron chi connectivity index (χ2n) is 5.76. The van der Waals surface area contributed by atoms with Crippen LogP contribution in [0.2, 0.25) is 0 Å². The summed E-state index contributed by atoms with van der Waals surface area (Å²) in [4.78, 5) is 13.7. The fourth-order valence-corrected chi connectivity index (χ4v) is 3.19. The Labute approximate surface area is 130 Å². The van der Waals surface area contributed by atoms with Gasteiger partial charge < -0.3 is 9.84 Å². The van der Waals surface area contributed by atoms with Crippen molar-refractivity contribution in [3.8, 4) is 0 Å². The first-order valence-corrected chi connectivity index (χ1v) is 7.98. The first-order valence-electron chi connectivity index (χ1n) is 7.98. The van der Waals surface area contributed by atoms with Crippen LogP contribution in [-0.2, 0) is 4.74 Å². The minimum atomic E-state index is -0.558. The molecular weight excluding hydrogens is 285 g/mol. The molecule has 5 heteroatoms. The number of rotatable bonds is 7. The topological polar surface area (TPSA) is 49.8 Å². The van der Waals surface area contributed by atoms with Crippen molar-refractivity contribution < 1.29 is 19.0 Å². The number of amides is 1. The molecule has 0 bridgehead atoms. The van der Waals surface area contributed by atoms with E-state index in [-0.39, 0.29) is 18.6 Å². The van der Waals surface area contributed by atoms with Crippen LogP contribution >= 0.6 is 0 Å². The second kappa shape index (κ2) is 7.58. The molecule has 1 aliphatic rings. The van der Waals surface area contributed by atoms with E-state index in [1.165, 1.54) is 17.0 Å². The van der Waals surface area contributed by atoms with E-state index >= 15 is 0 Å². The fraction of sp³-hybridized carbons (Fsp3) is 0.588. The van der Waals surface area contributed by atoms with Gasteiger partial charge in [0.05, 0.1) is 18.3 Å². The largest absolute Gasteiger partial charge is 0.441 e. The van der Waals surface area contributed by atoms with Crippen molar-refractivity contribution in [1.82, 2.24) is 0 Å². The minimum absolute atomic E-state index is 0.215. The van der Waals surface area contributed by atoms with Crippen LogP contribution in [0.4, 0.5) is 14.9 Å². The molecule has 0 spiro atoms. The smallest absolute Gasteiger partial charge is 0.415 e. The number of carbonyl (C=O) groups is 1. The second-order valence-corrected chi connectivity index (χ2v) is 5.76. The molecule has 1 aromatic carbocycles. The molecule has 1 N–H and O–H groups in total. The van der Waals surface area contributed by atoms with E-state index in [1.807, 2.05) is 0 Å². The van der Waals surface area contributed by atoms with Crippen LogP contribution in [0.25, 0.3) is 0 Å². The van der Waals surface area contributed by atoms with Crippen molar-refractivity contribution in [2.45, 2.75) is 51.7 Å². The van der Waals surface area contributed by atoms with Crippen molar-refractivity contribution in [1.29, 1.82) is 0 Å². The van der Waals surface area contributed by atoms with Crippen molar-refractivity contribution in [2.24, 2.45) is 5.92 Å². The molecule has 0 radical (unpaired) electrons. The lowest BCUT2D eigenvalue weighted by molar-refractivity contribution is 0.0712.